The Bertz CT molecular complexity index is 754. The lowest BCUT2D eigenvalue weighted by Gasteiger charge is -2.43. The molecule has 2 aliphatic rings. The Balaban J connectivity index is 1.55. The molecule has 134 valence electrons. The van der Waals surface area contributed by atoms with E-state index in [2.05, 4.69) is 27.9 Å². The largest absolute Gasteiger partial charge is 0.327 e. The first-order valence-electron chi connectivity index (χ1n) is 9.69. The SMILES string of the molecule is CCCn1c(NC(=O)C2CC3CCCC(C2)C3N)nc2ccccc21. The Labute approximate surface area is 149 Å². The maximum atomic E-state index is 12.9. The van der Waals surface area contributed by atoms with Crippen molar-refractivity contribution in [2.45, 2.75) is 58.0 Å². The molecule has 1 heterocycles. The summed E-state index contributed by atoms with van der Waals surface area (Å²) in [4.78, 5) is 17.6. The number of amides is 1. The van der Waals surface area contributed by atoms with Crippen LogP contribution in [0.3, 0.4) is 0 Å². The third-order valence-corrected chi connectivity index (χ3v) is 6.12. The molecular weight excluding hydrogens is 312 g/mol. The van der Waals surface area contributed by atoms with E-state index in [0.717, 1.165) is 36.8 Å². The molecule has 2 aliphatic carbocycles. The Morgan fingerprint density at radius 1 is 1.28 bits per heavy atom. The molecule has 2 saturated carbocycles. The molecule has 2 unspecified atom stereocenters. The lowest BCUT2D eigenvalue weighted by atomic mass is 9.65. The second kappa shape index (κ2) is 6.79. The minimum atomic E-state index is 0.0741. The number of para-hydroxylation sites is 2. The van der Waals surface area contributed by atoms with Crippen LogP contribution in [0.5, 0.6) is 0 Å². The van der Waals surface area contributed by atoms with E-state index in [0.29, 0.717) is 23.8 Å². The van der Waals surface area contributed by atoms with E-state index in [-0.39, 0.29) is 11.8 Å². The van der Waals surface area contributed by atoms with Crippen molar-refractivity contribution in [1.82, 2.24) is 9.55 Å². The van der Waals surface area contributed by atoms with Gasteiger partial charge in [0.2, 0.25) is 11.9 Å². The monoisotopic (exact) mass is 340 g/mol. The molecule has 0 spiro atoms. The number of nitrogens with one attached hydrogen (secondary N) is 1. The van der Waals surface area contributed by atoms with Crippen molar-refractivity contribution in [2.75, 3.05) is 5.32 Å². The molecule has 2 aromatic rings. The number of carbonyl (C=O) groups is 1. The molecule has 1 amide bonds. The quantitative estimate of drug-likeness (QED) is 0.894. The number of imidazole rings is 1. The predicted octanol–water partition coefficient (Wildman–Crippen LogP) is 3.54. The summed E-state index contributed by atoms with van der Waals surface area (Å²) in [6.45, 7) is 3.00. The molecule has 4 rings (SSSR count). The maximum absolute atomic E-state index is 12.9. The number of hydrogen-bond acceptors (Lipinski definition) is 3. The molecule has 1 aromatic heterocycles. The third-order valence-electron chi connectivity index (χ3n) is 6.12. The van der Waals surface area contributed by atoms with Gasteiger partial charge in [-0.3, -0.25) is 10.1 Å². The van der Waals surface area contributed by atoms with E-state index < -0.39 is 0 Å². The van der Waals surface area contributed by atoms with Crippen LogP contribution < -0.4 is 11.1 Å². The van der Waals surface area contributed by atoms with Crippen LogP contribution in [0.1, 0.15) is 45.4 Å². The van der Waals surface area contributed by atoms with Gasteiger partial charge in [-0.1, -0.05) is 25.5 Å². The van der Waals surface area contributed by atoms with Crippen LogP contribution in [0.2, 0.25) is 0 Å². The summed E-state index contributed by atoms with van der Waals surface area (Å²) in [6, 6.07) is 8.37. The second-order valence-corrected chi connectivity index (χ2v) is 7.76. The summed E-state index contributed by atoms with van der Waals surface area (Å²) in [6.07, 6.45) is 6.48. The van der Waals surface area contributed by atoms with E-state index >= 15 is 0 Å². The van der Waals surface area contributed by atoms with Crippen molar-refractivity contribution in [1.29, 1.82) is 0 Å². The van der Waals surface area contributed by atoms with Gasteiger partial charge in [0.15, 0.2) is 0 Å². The van der Waals surface area contributed by atoms with E-state index in [9.17, 15) is 4.79 Å². The summed E-state index contributed by atoms with van der Waals surface area (Å²) >= 11 is 0. The van der Waals surface area contributed by atoms with Crippen LogP contribution in [-0.4, -0.2) is 21.5 Å². The average molecular weight is 340 g/mol. The number of benzene rings is 1. The van der Waals surface area contributed by atoms with Crippen molar-refractivity contribution >= 4 is 22.9 Å². The number of hydrogen-bond donors (Lipinski definition) is 2. The van der Waals surface area contributed by atoms with Gasteiger partial charge < -0.3 is 10.3 Å². The fraction of sp³-hybridized carbons (Fsp3) is 0.600. The summed E-state index contributed by atoms with van der Waals surface area (Å²) in [5.74, 6) is 1.91. The van der Waals surface area contributed by atoms with Gasteiger partial charge in [-0.25, -0.2) is 4.98 Å². The summed E-state index contributed by atoms with van der Waals surface area (Å²) in [5.41, 5.74) is 8.39. The molecule has 2 fully saturated rings. The first-order chi connectivity index (χ1) is 12.2. The lowest BCUT2D eigenvalue weighted by Crippen LogP contribution is -2.48. The molecule has 3 N–H and O–H groups in total. The third kappa shape index (κ3) is 3.06. The zero-order valence-corrected chi connectivity index (χ0v) is 14.9. The Morgan fingerprint density at radius 2 is 2.00 bits per heavy atom. The standard InChI is InChI=1S/C20H28N4O/c1-2-10-24-17-9-4-3-8-16(17)22-20(24)23-19(25)15-11-13-6-5-7-14(12-15)18(13)21/h3-4,8-9,13-15,18H,2,5-7,10-12,21H2,1H3,(H,22,23,25). The van der Waals surface area contributed by atoms with E-state index in [1.54, 1.807) is 0 Å². The normalized spacial score (nSPS) is 28.9. The lowest BCUT2D eigenvalue weighted by molar-refractivity contribution is -0.122. The highest BCUT2D eigenvalue weighted by Gasteiger charge is 2.40. The number of aryl methyl sites for hydroxylation is 1. The highest BCUT2D eigenvalue weighted by molar-refractivity contribution is 5.93. The number of rotatable bonds is 4. The van der Waals surface area contributed by atoms with Gasteiger partial charge in [0, 0.05) is 18.5 Å². The topological polar surface area (TPSA) is 72.9 Å². The molecule has 0 saturated heterocycles. The van der Waals surface area contributed by atoms with Crippen LogP contribution in [0.15, 0.2) is 24.3 Å². The Kier molecular flexibility index (Phi) is 4.50. The highest BCUT2D eigenvalue weighted by atomic mass is 16.2. The minimum Gasteiger partial charge on any atom is -0.327 e. The van der Waals surface area contributed by atoms with Crippen LogP contribution >= 0.6 is 0 Å². The number of nitrogens with two attached hydrogens (primary N) is 1. The van der Waals surface area contributed by atoms with E-state index in [4.69, 9.17) is 5.73 Å². The predicted molar refractivity (Wildman–Crippen MR) is 100 cm³/mol. The zero-order valence-electron chi connectivity index (χ0n) is 14.9. The number of anilines is 1. The van der Waals surface area contributed by atoms with Crippen molar-refractivity contribution in [3.63, 3.8) is 0 Å². The molecule has 25 heavy (non-hydrogen) atoms. The van der Waals surface area contributed by atoms with Gasteiger partial charge in [0.05, 0.1) is 11.0 Å². The van der Waals surface area contributed by atoms with E-state index in [1.807, 2.05) is 18.2 Å². The molecule has 1 aromatic carbocycles. The van der Waals surface area contributed by atoms with Gasteiger partial charge in [0.1, 0.15) is 0 Å². The van der Waals surface area contributed by atoms with Gasteiger partial charge in [-0.2, -0.15) is 0 Å². The number of fused-ring (bicyclic) bond motifs is 3. The van der Waals surface area contributed by atoms with Gasteiger partial charge >= 0.3 is 0 Å². The fourth-order valence-corrected chi connectivity index (χ4v) is 4.84. The van der Waals surface area contributed by atoms with Crippen molar-refractivity contribution in [3.8, 4) is 0 Å². The van der Waals surface area contributed by atoms with Gasteiger partial charge in [-0.05, 0) is 56.1 Å². The van der Waals surface area contributed by atoms with Crippen molar-refractivity contribution in [2.24, 2.45) is 23.5 Å². The molecule has 2 atom stereocenters. The molecular formula is C20H28N4O. The molecule has 5 nitrogen and oxygen atoms in total. The van der Waals surface area contributed by atoms with Crippen molar-refractivity contribution < 1.29 is 4.79 Å². The van der Waals surface area contributed by atoms with Crippen LogP contribution in [0, 0.1) is 17.8 Å². The summed E-state index contributed by atoms with van der Waals surface area (Å²) < 4.78 is 2.13. The summed E-state index contributed by atoms with van der Waals surface area (Å²) in [7, 11) is 0. The van der Waals surface area contributed by atoms with Gasteiger partial charge in [-0.15, -0.1) is 0 Å². The first kappa shape index (κ1) is 16.6. The van der Waals surface area contributed by atoms with Crippen LogP contribution in [-0.2, 0) is 11.3 Å². The fourth-order valence-electron chi connectivity index (χ4n) is 4.84. The average Bonchev–Trinajstić information content (AvgIpc) is 2.92. The highest BCUT2D eigenvalue weighted by Crippen LogP contribution is 2.42. The van der Waals surface area contributed by atoms with Crippen LogP contribution in [0.4, 0.5) is 5.95 Å². The Morgan fingerprint density at radius 3 is 2.72 bits per heavy atom. The number of carbonyl (C=O) groups excluding carboxylic acids is 1. The zero-order chi connectivity index (χ0) is 17.4. The smallest absolute Gasteiger partial charge is 0.229 e. The first-order valence-corrected chi connectivity index (χ1v) is 9.69. The van der Waals surface area contributed by atoms with Gasteiger partial charge in [0.25, 0.3) is 0 Å². The number of aromatic nitrogens is 2. The number of nitrogens with zero attached hydrogens (tertiary/aromatic N) is 2. The molecule has 5 heteroatoms. The molecule has 0 radical (unpaired) electrons. The second-order valence-electron chi connectivity index (χ2n) is 7.76. The minimum absolute atomic E-state index is 0.0741. The molecule has 2 bridgehead atoms. The maximum Gasteiger partial charge on any atom is 0.229 e. The Hall–Kier alpha value is -1.88. The van der Waals surface area contributed by atoms with Crippen LogP contribution in [0.25, 0.3) is 11.0 Å². The van der Waals surface area contributed by atoms with Crippen molar-refractivity contribution in [3.05, 3.63) is 24.3 Å². The molecule has 0 aliphatic heterocycles. The van der Waals surface area contributed by atoms with E-state index in [1.165, 1.54) is 19.3 Å². The summed E-state index contributed by atoms with van der Waals surface area (Å²) in [5, 5.41) is 3.13.